The van der Waals surface area contributed by atoms with Crippen LogP contribution in [0.4, 0.5) is 5.69 Å². The Morgan fingerprint density at radius 3 is 3.00 bits per heavy atom. The first-order valence-electron chi connectivity index (χ1n) is 9.07. The molecule has 27 heavy (non-hydrogen) atoms. The van der Waals surface area contributed by atoms with E-state index in [4.69, 9.17) is 9.47 Å². The second-order valence-corrected chi connectivity index (χ2v) is 7.06. The molecule has 1 aliphatic heterocycles. The third-order valence-electron chi connectivity index (χ3n) is 4.48. The van der Waals surface area contributed by atoms with Gasteiger partial charge in [-0.3, -0.25) is 9.78 Å². The number of ether oxygens (including phenoxy) is 2. The van der Waals surface area contributed by atoms with Gasteiger partial charge in [0, 0.05) is 31.2 Å². The van der Waals surface area contributed by atoms with Crippen molar-refractivity contribution >= 4 is 22.9 Å². The quantitative estimate of drug-likeness (QED) is 0.723. The first-order valence-corrected chi connectivity index (χ1v) is 10.0. The molecule has 0 aromatic carbocycles. The predicted molar refractivity (Wildman–Crippen MR) is 104 cm³/mol. The lowest BCUT2D eigenvalue weighted by atomic mass is 9.81. The molecule has 0 unspecified atom stereocenters. The van der Waals surface area contributed by atoms with Crippen molar-refractivity contribution in [3.05, 3.63) is 58.8 Å². The number of carbonyl (C=O) groups excluding carboxylic acids is 1. The minimum Gasteiger partial charge on any atom is -0.459 e. The van der Waals surface area contributed by atoms with Gasteiger partial charge in [0.05, 0.1) is 11.9 Å². The molecule has 0 radical (unpaired) electrons. The van der Waals surface area contributed by atoms with E-state index in [-0.39, 0.29) is 30.1 Å². The topological polar surface area (TPSA) is 80.7 Å². The second-order valence-electron chi connectivity index (χ2n) is 6.28. The maximum Gasteiger partial charge on any atom is 0.290 e. The van der Waals surface area contributed by atoms with E-state index in [1.54, 1.807) is 35.9 Å². The van der Waals surface area contributed by atoms with Crippen LogP contribution in [0.2, 0.25) is 0 Å². The van der Waals surface area contributed by atoms with E-state index in [0.717, 1.165) is 12.0 Å². The molecule has 0 bridgehead atoms. The van der Waals surface area contributed by atoms with Crippen LogP contribution in [0.3, 0.4) is 0 Å². The number of amides is 1. The van der Waals surface area contributed by atoms with Gasteiger partial charge in [-0.2, -0.15) is 11.3 Å². The minimum atomic E-state index is -0.536. The first kappa shape index (κ1) is 19.5. The van der Waals surface area contributed by atoms with Crippen LogP contribution >= 0.6 is 11.3 Å². The Kier molecular flexibility index (Phi) is 6.98. The minimum absolute atomic E-state index is 0.0113. The molecule has 3 heterocycles. The van der Waals surface area contributed by atoms with Crippen molar-refractivity contribution in [1.29, 1.82) is 0 Å². The number of carbonyl (C=O) groups is 1. The van der Waals surface area contributed by atoms with Crippen molar-refractivity contribution in [2.24, 2.45) is 5.92 Å². The highest BCUT2D eigenvalue weighted by atomic mass is 32.1. The van der Waals surface area contributed by atoms with Crippen LogP contribution in [0.5, 0.6) is 0 Å². The van der Waals surface area contributed by atoms with E-state index in [2.05, 4.69) is 21.7 Å². The number of pyridine rings is 1. The third-order valence-corrected chi connectivity index (χ3v) is 5.18. The molecule has 2 aromatic rings. The van der Waals surface area contributed by atoms with Crippen molar-refractivity contribution in [3.8, 4) is 0 Å². The third kappa shape index (κ3) is 4.94. The Bertz CT molecular complexity index is 749. The van der Waals surface area contributed by atoms with Crippen LogP contribution in [-0.2, 0) is 14.3 Å². The number of anilines is 1. The van der Waals surface area contributed by atoms with Crippen molar-refractivity contribution in [2.45, 2.75) is 32.0 Å². The second kappa shape index (κ2) is 9.64. The molecule has 1 aliphatic rings. The molecule has 0 saturated carbocycles. The Morgan fingerprint density at radius 2 is 2.33 bits per heavy atom. The number of nitrogens with one attached hydrogen (secondary N) is 1. The van der Waals surface area contributed by atoms with Crippen LogP contribution in [0.15, 0.2) is 53.2 Å². The lowest BCUT2D eigenvalue weighted by Gasteiger charge is -2.36. The predicted octanol–water partition coefficient (Wildman–Crippen LogP) is 3.53. The van der Waals surface area contributed by atoms with Crippen LogP contribution in [0.25, 0.3) is 0 Å². The van der Waals surface area contributed by atoms with Gasteiger partial charge in [-0.05, 0) is 60.4 Å². The smallest absolute Gasteiger partial charge is 0.290 e. The first-order chi connectivity index (χ1) is 13.2. The van der Waals surface area contributed by atoms with E-state index in [1.807, 2.05) is 18.4 Å². The SMILES string of the molecule is CCO[C@H]1OC(C(=O)Nc2cccnc2)=C[C@@H](c2ccsc2)[C@@H]1CCCO. The van der Waals surface area contributed by atoms with Gasteiger partial charge in [0.25, 0.3) is 5.91 Å². The molecule has 1 amide bonds. The number of nitrogens with zero attached hydrogens (tertiary/aromatic N) is 1. The number of hydrogen-bond donors (Lipinski definition) is 2. The Balaban J connectivity index is 1.87. The molecule has 2 N–H and O–H groups in total. The van der Waals surface area contributed by atoms with Crippen LogP contribution in [0.1, 0.15) is 31.2 Å². The number of aliphatic hydroxyl groups excluding tert-OH is 1. The average molecular weight is 388 g/mol. The van der Waals surface area contributed by atoms with Gasteiger partial charge in [0.2, 0.25) is 6.29 Å². The van der Waals surface area contributed by atoms with Crippen LogP contribution in [-0.4, -0.2) is 35.5 Å². The Hall–Kier alpha value is -2.22. The maximum absolute atomic E-state index is 12.7. The van der Waals surface area contributed by atoms with Gasteiger partial charge < -0.3 is 19.9 Å². The number of rotatable bonds is 8. The molecular formula is C20H24N2O4S. The molecule has 0 saturated heterocycles. The molecule has 0 aliphatic carbocycles. The van der Waals surface area contributed by atoms with Crippen molar-refractivity contribution in [1.82, 2.24) is 4.98 Å². The molecule has 2 aromatic heterocycles. The summed E-state index contributed by atoms with van der Waals surface area (Å²) in [6.07, 6.45) is 5.97. The van der Waals surface area contributed by atoms with Gasteiger partial charge in [-0.15, -0.1) is 0 Å². The van der Waals surface area contributed by atoms with Crippen LogP contribution < -0.4 is 5.32 Å². The number of aliphatic hydroxyl groups is 1. The van der Waals surface area contributed by atoms with Crippen molar-refractivity contribution in [3.63, 3.8) is 0 Å². The van der Waals surface area contributed by atoms with Gasteiger partial charge in [-0.1, -0.05) is 0 Å². The van der Waals surface area contributed by atoms with E-state index in [1.165, 1.54) is 0 Å². The highest BCUT2D eigenvalue weighted by Crippen LogP contribution is 2.40. The lowest BCUT2D eigenvalue weighted by Crippen LogP contribution is -2.37. The summed E-state index contributed by atoms with van der Waals surface area (Å²) in [5.41, 5.74) is 1.73. The van der Waals surface area contributed by atoms with Gasteiger partial charge >= 0.3 is 0 Å². The number of hydrogen-bond acceptors (Lipinski definition) is 6. The zero-order chi connectivity index (χ0) is 19.1. The molecule has 3 atom stereocenters. The van der Waals surface area contributed by atoms with Gasteiger partial charge in [0.15, 0.2) is 5.76 Å². The molecule has 3 rings (SSSR count). The summed E-state index contributed by atoms with van der Waals surface area (Å²) in [4.78, 5) is 16.7. The zero-order valence-corrected chi connectivity index (χ0v) is 16.0. The molecule has 7 heteroatoms. The fraction of sp³-hybridized carbons (Fsp3) is 0.400. The largest absolute Gasteiger partial charge is 0.459 e. The lowest BCUT2D eigenvalue weighted by molar-refractivity contribution is -0.164. The summed E-state index contributed by atoms with van der Waals surface area (Å²) in [5.74, 6) is -0.0633. The zero-order valence-electron chi connectivity index (χ0n) is 15.2. The highest BCUT2D eigenvalue weighted by molar-refractivity contribution is 7.08. The van der Waals surface area contributed by atoms with Crippen molar-refractivity contribution in [2.75, 3.05) is 18.5 Å². The fourth-order valence-corrected chi connectivity index (χ4v) is 3.95. The van der Waals surface area contributed by atoms with E-state index in [9.17, 15) is 9.90 Å². The fourth-order valence-electron chi connectivity index (χ4n) is 3.24. The molecule has 0 fully saturated rings. The summed E-state index contributed by atoms with van der Waals surface area (Å²) < 4.78 is 11.7. The standard InChI is InChI=1S/C20H24N2O4S/c1-2-25-20-16(6-4-9-23)17(14-7-10-27-13-14)11-18(26-20)19(24)22-15-5-3-8-21-12-15/h3,5,7-8,10-13,16-17,20,23H,2,4,6,9H2,1H3,(H,22,24)/t16-,17-,20-/m0/s1. The Morgan fingerprint density at radius 1 is 1.44 bits per heavy atom. The van der Waals surface area contributed by atoms with Crippen LogP contribution in [0, 0.1) is 5.92 Å². The monoisotopic (exact) mass is 388 g/mol. The highest BCUT2D eigenvalue weighted by Gasteiger charge is 2.37. The Labute approximate surface area is 162 Å². The number of thiophene rings is 1. The normalized spacial score (nSPS) is 22.0. The summed E-state index contributed by atoms with van der Waals surface area (Å²) in [6, 6.07) is 5.59. The van der Waals surface area contributed by atoms with E-state index < -0.39 is 6.29 Å². The summed E-state index contributed by atoms with van der Waals surface area (Å²) >= 11 is 1.62. The molecule has 0 spiro atoms. The van der Waals surface area contributed by atoms with Gasteiger partial charge in [0.1, 0.15) is 0 Å². The summed E-state index contributed by atoms with van der Waals surface area (Å²) in [7, 11) is 0. The molecule has 144 valence electrons. The molecular weight excluding hydrogens is 364 g/mol. The van der Waals surface area contributed by atoms with E-state index >= 15 is 0 Å². The molecule has 6 nitrogen and oxygen atoms in total. The average Bonchev–Trinajstić information content (AvgIpc) is 3.22. The summed E-state index contributed by atoms with van der Waals surface area (Å²) in [5, 5.41) is 16.2. The number of aromatic nitrogens is 1. The number of allylic oxidation sites excluding steroid dienone is 1. The van der Waals surface area contributed by atoms with Gasteiger partial charge in [-0.25, -0.2) is 0 Å². The maximum atomic E-state index is 12.7. The van der Waals surface area contributed by atoms with E-state index in [0.29, 0.717) is 18.7 Å². The van der Waals surface area contributed by atoms with Crippen molar-refractivity contribution < 1.29 is 19.4 Å². The summed E-state index contributed by atoms with van der Waals surface area (Å²) in [6.45, 7) is 2.50.